The maximum absolute atomic E-state index is 13.3. The first-order valence-electron chi connectivity index (χ1n) is 8.15. The van der Waals surface area contributed by atoms with Gasteiger partial charge in [-0.15, -0.1) is 17.9 Å². The zero-order chi connectivity index (χ0) is 19.4. The molecule has 0 aliphatic carbocycles. The molecule has 5 nitrogen and oxygen atoms in total. The van der Waals surface area contributed by atoms with Crippen LogP contribution in [0.3, 0.4) is 0 Å². The number of halogens is 1. The minimum Gasteiger partial charge on any atom is -0.508 e. The van der Waals surface area contributed by atoms with Crippen LogP contribution in [0, 0.1) is 5.82 Å². The summed E-state index contributed by atoms with van der Waals surface area (Å²) >= 11 is 1.40. The molecule has 138 valence electrons. The smallest absolute Gasteiger partial charge is 0.206 e. The van der Waals surface area contributed by atoms with E-state index in [-0.39, 0.29) is 17.3 Å². The molecule has 0 spiro atoms. The number of benzene rings is 2. The topological polar surface area (TPSA) is 70.1 Å². The van der Waals surface area contributed by atoms with Crippen LogP contribution in [-0.4, -0.2) is 27.1 Å². The molecule has 0 saturated heterocycles. The molecule has 0 fully saturated rings. The molecule has 0 aliphatic rings. The average molecular weight is 383 g/mol. The fourth-order valence-electron chi connectivity index (χ4n) is 2.50. The van der Waals surface area contributed by atoms with Gasteiger partial charge >= 0.3 is 0 Å². The number of hydrogen-bond acceptors (Lipinski definition) is 5. The van der Waals surface area contributed by atoms with Crippen molar-refractivity contribution in [1.82, 2.24) is 4.68 Å². The van der Waals surface area contributed by atoms with Gasteiger partial charge in [0.1, 0.15) is 17.3 Å². The predicted octanol–water partition coefficient (Wildman–Crippen LogP) is 4.13. The second-order valence-corrected chi connectivity index (χ2v) is 6.57. The molecule has 0 bridgehead atoms. The molecule has 0 aliphatic heterocycles. The van der Waals surface area contributed by atoms with Gasteiger partial charge in [0.2, 0.25) is 4.80 Å². The van der Waals surface area contributed by atoms with E-state index in [0.717, 1.165) is 11.3 Å². The summed E-state index contributed by atoms with van der Waals surface area (Å²) in [5.74, 6) is -0.410. The Bertz CT molecular complexity index is 1070. The Hall–Kier alpha value is -3.19. The van der Waals surface area contributed by atoms with Crippen molar-refractivity contribution < 1.29 is 14.6 Å². The summed E-state index contributed by atoms with van der Waals surface area (Å²) in [6.45, 7) is 5.86. The zero-order valence-electron chi connectivity index (χ0n) is 14.6. The summed E-state index contributed by atoms with van der Waals surface area (Å²) in [6.07, 6.45) is 1.68. The highest BCUT2D eigenvalue weighted by molar-refractivity contribution is 7.07. The molecule has 2 aromatic carbocycles. The lowest BCUT2D eigenvalue weighted by molar-refractivity contribution is 0.450. The van der Waals surface area contributed by atoms with Crippen LogP contribution in [0.4, 0.5) is 4.39 Å². The summed E-state index contributed by atoms with van der Waals surface area (Å²) in [5.41, 5.74) is 2.57. The highest BCUT2D eigenvalue weighted by atomic mass is 32.1. The standard InChI is InChI=1S/C20H18FN3O2S/c1-3-10-22-20-24(18(12-27-20)14-4-6-15(21)7-5-14)23-13(2)17-9-8-16(25)11-19(17)26/h3-9,11-12,25-26H,1,10H2,2H3. The molecule has 1 heterocycles. The van der Waals surface area contributed by atoms with Crippen LogP contribution < -0.4 is 4.80 Å². The molecule has 2 N–H and O–H groups in total. The number of hydrogen-bond donors (Lipinski definition) is 2. The van der Waals surface area contributed by atoms with Gasteiger partial charge in [-0.25, -0.2) is 9.07 Å². The van der Waals surface area contributed by atoms with Crippen molar-refractivity contribution >= 4 is 17.0 Å². The quantitative estimate of drug-likeness (QED) is 0.514. The summed E-state index contributed by atoms with van der Waals surface area (Å²) in [6, 6.07) is 10.5. The third-order valence-electron chi connectivity index (χ3n) is 3.80. The first-order chi connectivity index (χ1) is 13.0. The number of aromatic hydroxyl groups is 2. The highest BCUT2D eigenvalue weighted by Crippen LogP contribution is 2.25. The van der Waals surface area contributed by atoms with Crippen molar-refractivity contribution in [2.24, 2.45) is 10.1 Å². The van der Waals surface area contributed by atoms with Gasteiger partial charge in [0.25, 0.3) is 0 Å². The van der Waals surface area contributed by atoms with Crippen molar-refractivity contribution in [2.45, 2.75) is 6.92 Å². The molecule has 7 heteroatoms. The lowest BCUT2D eigenvalue weighted by Gasteiger charge is -2.08. The number of aromatic nitrogens is 1. The maximum Gasteiger partial charge on any atom is 0.206 e. The number of nitrogens with zero attached hydrogens (tertiary/aromatic N) is 3. The van der Waals surface area contributed by atoms with Crippen LogP contribution in [0.2, 0.25) is 0 Å². The van der Waals surface area contributed by atoms with Crippen molar-refractivity contribution in [2.75, 3.05) is 6.54 Å². The summed E-state index contributed by atoms with van der Waals surface area (Å²) in [5, 5.41) is 26.1. The van der Waals surface area contributed by atoms with E-state index in [1.807, 2.05) is 5.38 Å². The van der Waals surface area contributed by atoms with E-state index in [2.05, 4.69) is 16.7 Å². The SMILES string of the molecule is C=CCN=c1scc(-c2ccc(F)cc2)n1N=C(C)c1ccc(O)cc1O. The monoisotopic (exact) mass is 383 g/mol. The van der Waals surface area contributed by atoms with Gasteiger partial charge in [-0.05, 0) is 43.3 Å². The van der Waals surface area contributed by atoms with Gasteiger partial charge in [-0.3, -0.25) is 4.99 Å². The number of phenols is 2. The van der Waals surface area contributed by atoms with E-state index in [1.54, 1.807) is 35.9 Å². The number of rotatable bonds is 5. The predicted molar refractivity (Wildman–Crippen MR) is 106 cm³/mol. The van der Waals surface area contributed by atoms with E-state index in [4.69, 9.17) is 0 Å². The second kappa shape index (κ2) is 8.01. The van der Waals surface area contributed by atoms with E-state index in [0.29, 0.717) is 22.6 Å². The van der Waals surface area contributed by atoms with E-state index in [1.165, 1.54) is 35.6 Å². The average Bonchev–Trinajstić information content (AvgIpc) is 3.03. The molecule has 0 radical (unpaired) electrons. The minimum atomic E-state index is -0.314. The van der Waals surface area contributed by atoms with Crippen LogP contribution in [0.1, 0.15) is 12.5 Å². The first-order valence-corrected chi connectivity index (χ1v) is 9.03. The Morgan fingerprint density at radius 1 is 1.22 bits per heavy atom. The Labute approximate surface area is 159 Å². The van der Waals surface area contributed by atoms with Crippen molar-refractivity contribution in [3.05, 3.63) is 76.7 Å². The Morgan fingerprint density at radius 3 is 2.63 bits per heavy atom. The van der Waals surface area contributed by atoms with Crippen molar-refractivity contribution in [1.29, 1.82) is 0 Å². The van der Waals surface area contributed by atoms with Crippen LogP contribution in [-0.2, 0) is 0 Å². The van der Waals surface area contributed by atoms with Crippen molar-refractivity contribution in [3.8, 4) is 22.8 Å². The molecule has 1 aromatic heterocycles. The molecule has 3 rings (SSSR count). The fraction of sp³-hybridized carbons (Fsp3) is 0.100. The summed E-state index contributed by atoms with van der Waals surface area (Å²) < 4.78 is 14.9. The lowest BCUT2D eigenvalue weighted by atomic mass is 10.1. The second-order valence-electron chi connectivity index (χ2n) is 5.74. The molecule has 3 aromatic rings. The van der Waals surface area contributed by atoms with Gasteiger partial charge in [0.15, 0.2) is 0 Å². The first kappa shape index (κ1) is 18.6. The summed E-state index contributed by atoms with van der Waals surface area (Å²) in [7, 11) is 0. The highest BCUT2D eigenvalue weighted by Gasteiger charge is 2.11. The Balaban J connectivity index is 2.15. The molecule has 0 saturated carbocycles. The van der Waals surface area contributed by atoms with E-state index in [9.17, 15) is 14.6 Å². The summed E-state index contributed by atoms with van der Waals surface area (Å²) in [4.78, 5) is 5.10. The van der Waals surface area contributed by atoms with Crippen LogP contribution in [0.25, 0.3) is 11.3 Å². The largest absolute Gasteiger partial charge is 0.508 e. The third-order valence-corrected chi connectivity index (χ3v) is 4.66. The molecule has 0 amide bonds. The van der Waals surface area contributed by atoms with Gasteiger partial charge in [-0.1, -0.05) is 6.08 Å². The molecular weight excluding hydrogens is 365 g/mol. The Morgan fingerprint density at radius 2 is 1.96 bits per heavy atom. The minimum absolute atomic E-state index is 0.0269. The number of thiazole rings is 1. The van der Waals surface area contributed by atoms with Crippen molar-refractivity contribution in [3.63, 3.8) is 0 Å². The maximum atomic E-state index is 13.3. The number of phenolic OH excluding ortho intramolecular Hbond substituents is 2. The molecule has 0 unspecified atom stereocenters. The van der Waals surface area contributed by atoms with Crippen LogP contribution in [0.5, 0.6) is 11.5 Å². The van der Waals surface area contributed by atoms with Gasteiger partial charge in [-0.2, -0.15) is 5.10 Å². The molecule has 27 heavy (non-hydrogen) atoms. The van der Waals surface area contributed by atoms with E-state index < -0.39 is 0 Å². The molecular formula is C20H18FN3O2S. The lowest BCUT2D eigenvalue weighted by Crippen LogP contribution is -2.14. The zero-order valence-corrected chi connectivity index (χ0v) is 15.4. The molecule has 0 atom stereocenters. The normalized spacial score (nSPS) is 12.4. The van der Waals surface area contributed by atoms with Gasteiger partial charge in [0.05, 0.1) is 18.0 Å². The van der Waals surface area contributed by atoms with Gasteiger partial charge in [0, 0.05) is 22.6 Å². The van der Waals surface area contributed by atoms with Crippen LogP contribution >= 0.6 is 11.3 Å². The third kappa shape index (κ3) is 4.15. The van der Waals surface area contributed by atoms with E-state index >= 15 is 0 Å². The fourth-order valence-corrected chi connectivity index (χ4v) is 3.34. The van der Waals surface area contributed by atoms with Crippen LogP contribution in [0.15, 0.2) is 70.6 Å². The Kier molecular flexibility index (Phi) is 5.52. The van der Waals surface area contributed by atoms with Gasteiger partial charge < -0.3 is 10.2 Å².